The third-order valence-corrected chi connectivity index (χ3v) is 3.62. The van der Waals surface area contributed by atoms with Crippen molar-refractivity contribution < 1.29 is 4.74 Å². The standard InChI is InChI=1S/C12H24N2OS/c1-12(6-4-3-5-7-12)10-14-11(16)13-8-9-15-2/h3-10H2,1-2H3,(H2,13,14,16). The Morgan fingerprint density at radius 3 is 2.56 bits per heavy atom. The molecule has 0 aromatic carbocycles. The molecule has 16 heavy (non-hydrogen) atoms. The third kappa shape index (κ3) is 5.12. The highest BCUT2D eigenvalue weighted by atomic mass is 32.1. The van der Waals surface area contributed by atoms with Gasteiger partial charge in [0.05, 0.1) is 6.61 Å². The van der Waals surface area contributed by atoms with Gasteiger partial charge in [-0.1, -0.05) is 26.2 Å². The Morgan fingerprint density at radius 1 is 1.25 bits per heavy atom. The molecule has 1 aliphatic carbocycles. The van der Waals surface area contributed by atoms with Crippen LogP contribution in [-0.4, -0.2) is 31.9 Å². The molecule has 0 saturated heterocycles. The predicted octanol–water partition coefficient (Wildman–Crippen LogP) is 2.07. The fourth-order valence-electron chi connectivity index (χ4n) is 2.20. The molecule has 0 aromatic heterocycles. The summed E-state index contributed by atoms with van der Waals surface area (Å²) >= 11 is 5.21. The van der Waals surface area contributed by atoms with Crippen molar-refractivity contribution in [2.24, 2.45) is 5.41 Å². The first-order valence-corrected chi connectivity index (χ1v) is 6.58. The van der Waals surface area contributed by atoms with Gasteiger partial charge in [-0.25, -0.2) is 0 Å². The number of hydrogen-bond donors (Lipinski definition) is 2. The summed E-state index contributed by atoms with van der Waals surface area (Å²) in [5.41, 5.74) is 0.436. The molecule has 4 heteroatoms. The van der Waals surface area contributed by atoms with Gasteiger partial charge in [-0.2, -0.15) is 0 Å². The lowest BCUT2D eigenvalue weighted by Crippen LogP contribution is -2.43. The summed E-state index contributed by atoms with van der Waals surface area (Å²) in [6, 6.07) is 0. The molecule has 0 unspecified atom stereocenters. The van der Waals surface area contributed by atoms with Crippen LogP contribution in [0.3, 0.4) is 0 Å². The average molecular weight is 244 g/mol. The zero-order valence-electron chi connectivity index (χ0n) is 10.5. The van der Waals surface area contributed by atoms with Gasteiger partial charge in [0, 0.05) is 20.2 Å². The topological polar surface area (TPSA) is 33.3 Å². The Labute approximate surface area is 104 Å². The van der Waals surface area contributed by atoms with Gasteiger partial charge in [-0.05, 0) is 30.5 Å². The first-order valence-electron chi connectivity index (χ1n) is 6.17. The number of rotatable bonds is 5. The van der Waals surface area contributed by atoms with E-state index >= 15 is 0 Å². The van der Waals surface area contributed by atoms with Gasteiger partial charge in [-0.3, -0.25) is 0 Å². The molecule has 0 bridgehead atoms. The van der Waals surface area contributed by atoms with Gasteiger partial charge in [-0.15, -0.1) is 0 Å². The zero-order chi connectivity index (χ0) is 11.9. The van der Waals surface area contributed by atoms with Crippen LogP contribution in [0.1, 0.15) is 39.0 Å². The Kier molecular flexibility index (Phi) is 6.06. The number of nitrogens with one attached hydrogen (secondary N) is 2. The van der Waals surface area contributed by atoms with Crippen molar-refractivity contribution in [2.75, 3.05) is 26.8 Å². The molecule has 3 nitrogen and oxygen atoms in total. The van der Waals surface area contributed by atoms with E-state index in [2.05, 4.69) is 17.6 Å². The number of hydrogen-bond acceptors (Lipinski definition) is 2. The maximum atomic E-state index is 5.21. The molecule has 1 rings (SSSR count). The minimum Gasteiger partial charge on any atom is -0.383 e. The molecule has 2 N–H and O–H groups in total. The maximum Gasteiger partial charge on any atom is 0.166 e. The van der Waals surface area contributed by atoms with Crippen LogP contribution in [0.25, 0.3) is 0 Å². The van der Waals surface area contributed by atoms with Crippen molar-refractivity contribution in [3.8, 4) is 0 Å². The SMILES string of the molecule is COCCNC(=S)NCC1(C)CCCCC1. The monoisotopic (exact) mass is 244 g/mol. The molecule has 0 aliphatic heterocycles. The van der Waals surface area contributed by atoms with Gasteiger partial charge >= 0.3 is 0 Å². The number of thiocarbonyl (C=S) groups is 1. The minimum atomic E-state index is 0.436. The van der Waals surface area contributed by atoms with E-state index in [1.807, 2.05) is 0 Å². The van der Waals surface area contributed by atoms with E-state index in [9.17, 15) is 0 Å². The fraction of sp³-hybridized carbons (Fsp3) is 0.917. The lowest BCUT2D eigenvalue weighted by atomic mass is 9.76. The molecule has 0 amide bonds. The van der Waals surface area contributed by atoms with Gasteiger partial charge < -0.3 is 15.4 Å². The average Bonchev–Trinajstić information content (AvgIpc) is 2.28. The van der Waals surface area contributed by atoms with E-state index in [1.54, 1.807) is 7.11 Å². The van der Waals surface area contributed by atoms with E-state index in [-0.39, 0.29) is 0 Å². The summed E-state index contributed by atoms with van der Waals surface area (Å²) in [7, 11) is 1.70. The van der Waals surface area contributed by atoms with Gasteiger partial charge in [0.1, 0.15) is 0 Å². The normalized spacial score (nSPS) is 19.1. The van der Waals surface area contributed by atoms with Crippen molar-refractivity contribution in [1.82, 2.24) is 10.6 Å². The molecule has 0 aromatic rings. The summed E-state index contributed by atoms with van der Waals surface area (Å²) < 4.78 is 4.96. The van der Waals surface area contributed by atoms with E-state index in [1.165, 1.54) is 32.1 Å². The first kappa shape index (κ1) is 13.7. The maximum absolute atomic E-state index is 5.21. The lowest BCUT2D eigenvalue weighted by Gasteiger charge is -2.34. The summed E-state index contributed by atoms with van der Waals surface area (Å²) in [4.78, 5) is 0. The number of ether oxygens (including phenoxy) is 1. The van der Waals surface area contributed by atoms with Crippen LogP contribution in [0.4, 0.5) is 0 Å². The molecule has 1 saturated carbocycles. The van der Waals surface area contributed by atoms with Gasteiger partial charge in [0.2, 0.25) is 0 Å². The van der Waals surface area contributed by atoms with Crippen LogP contribution < -0.4 is 10.6 Å². The van der Waals surface area contributed by atoms with Crippen molar-refractivity contribution >= 4 is 17.3 Å². The summed E-state index contributed by atoms with van der Waals surface area (Å²) in [5, 5.41) is 7.21. The highest BCUT2D eigenvalue weighted by Crippen LogP contribution is 2.34. The van der Waals surface area contributed by atoms with Crippen molar-refractivity contribution in [3.05, 3.63) is 0 Å². The van der Waals surface area contributed by atoms with Crippen molar-refractivity contribution in [2.45, 2.75) is 39.0 Å². The van der Waals surface area contributed by atoms with Crippen LogP contribution in [-0.2, 0) is 4.74 Å². The summed E-state index contributed by atoms with van der Waals surface area (Å²) in [6.45, 7) is 4.82. The second-order valence-electron chi connectivity index (χ2n) is 4.97. The second-order valence-corrected chi connectivity index (χ2v) is 5.38. The fourth-order valence-corrected chi connectivity index (χ4v) is 2.38. The molecule has 94 valence electrons. The molecule has 0 atom stereocenters. The second kappa shape index (κ2) is 7.07. The summed E-state index contributed by atoms with van der Waals surface area (Å²) in [5.74, 6) is 0. The van der Waals surface area contributed by atoms with E-state index in [0.29, 0.717) is 12.0 Å². The smallest absolute Gasteiger partial charge is 0.166 e. The molecule has 0 spiro atoms. The predicted molar refractivity (Wildman–Crippen MR) is 71.7 cm³/mol. The highest BCUT2D eigenvalue weighted by Gasteiger charge is 2.26. The molecular formula is C12H24N2OS. The van der Waals surface area contributed by atoms with Crippen molar-refractivity contribution in [1.29, 1.82) is 0 Å². The van der Waals surface area contributed by atoms with E-state index in [4.69, 9.17) is 17.0 Å². The van der Waals surface area contributed by atoms with E-state index in [0.717, 1.165) is 18.2 Å². The molecular weight excluding hydrogens is 220 g/mol. The third-order valence-electron chi connectivity index (χ3n) is 3.33. The van der Waals surface area contributed by atoms with E-state index < -0.39 is 0 Å². The van der Waals surface area contributed by atoms with Crippen molar-refractivity contribution in [3.63, 3.8) is 0 Å². The van der Waals surface area contributed by atoms with Gasteiger partial charge in [0.15, 0.2) is 5.11 Å². The molecule has 1 aliphatic rings. The molecule has 1 fully saturated rings. The molecule has 0 radical (unpaired) electrons. The minimum absolute atomic E-state index is 0.436. The zero-order valence-corrected chi connectivity index (χ0v) is 11.3. The first-order chi connectivity index (χ1) is 7.66. The Morgan fingerprint density at radius 2 is 1.94 bits per heavy atom. The van der Waals surface area contributed by atoms with Crippen LogP contribution in [0, 0.1) is 5.41 Å². The summed E-state index contributed by atoms with van der Waals surface area (Å²) in [6.07, 6.45) is 6.76. The largest absolute Gasteiger partial charge is 0.383 e. The number of methoxy groups -OCH3 is 1. The molecule has 0 heterocycles. The van der Waals surface area contributed by atoms with Crippen LogP contribution >= 0.6 is 12.2 Å². The Bertz CT molecular complexity index is 215. The lowest BCUT2D eigenvalue weighted by molar-refractivity contribution is 0.202. The highest BCUT2D eigenvalue weighted by molar-refractivity contribution is 7.80. The quantitative estimate of drug-likeness (QED) is 0.573. The van der Waals surface area contributed by atoms with Crippen LogP contribution in [0.15, 0.2) is 0 Å². The Balaban J connectivity index is 2.14. The van der Waals surface area contributed by atoms with Gasteiger partial charge in [0.25, 0.3) is 0 Å². The van der Waals surface area contributed by atoms with Crippen LogP contribution in [0.5, 0.6) is 0 Å². The van der Waals surface area contributed by atoms with Crippen LogP contribution in [0.2, 0.25) is 0 Å². The Hall–Kier alpha value is -0.350.